The first-order chi connectivity index (χ1) is 11.3. The fraction of sp³-hybridized carbons (Fsp3) is 0.556. The molecule has 5 heteroatoms. The molecule has 0 saturated carbocycles. The maximum absolute atomic E-state index is 5.55. The van der Waals surface area contributed by atoms with E-state index in [0.29, 0.717) is 17.9 Å². The van der Waals surface area contributed by atoms with E-state index in [9.17, 15) is 0 Å². The molecule has 1 aromatic heterocycles. The smallest absolute Gasteiger partial charge is 0.240 e. The molecule has 5 nitrogen and oxygen atoms in total. The van der Waals surface area contributed by atoms with E-state index in [-0.39, 0.29) is 0 Å². The number of fused-ring (bicyclic) bond motifs is 2. The number of benzene rings is 1. The summed E-state index contributed by atoms with van der Waals surface area (Å²) >= 11 is 0. The minimum absolute atomic E-state index is 0.310. The quantitative estimate of drug-likeness (QED) is 0.942. The summed E-state index contributed by atoms with van der Waals surface area (Å²) in [5.41, 5.74) is 8.99. The maximum Gasteiger partial charge on any atom is 0.240 e. The van der Waals surface area contributed by atoms with Crippen LogP contribution >= 0.6 is 0 Å². The van der Waals surface area contributed by atoms with E-state index in [2.05, 4.69) is 39.3 Å². The molecule has 23 heavy (non-hydrogen) atoms. The molecule has 1 fully saturated rings. The lowest BCUT2D eigenvalue weighted by Crippen LogP contribution is -2.47. The van der Waals surface area contributed by atoms with Crippen LogP contribution in [0.25, 0.3) is 0 Å². The summed E-state index contributed by atoms with van der Waals surface area (Å²) in [4.78, 5) is 6.84. The van der Waals surface area contributed by atoms with Crippen LogP contribution in [-0.4, -0.2) is 28.1 Å². The molecular formula is C18H24N4O. The van der Waals surface area contributed by atoms with Crippen LogP contribution in [0.3, 0.4) is 0 Å². The van der Waals surface area contributed by atoms with Crippen molar-refractivity contribution in [2.45, 2.75) is 50.6 Å². The summed E-state index contributed by atoms with van der Waals surface area (Å²) < 4.78 is 5.14. The van der Waals surface area contributed by atoms with E-state index >= 15 is 0 Å². The van der Waals surface area contributed by atoms with Gasteiger partial charge in [-0.25, -0.2) is 0 Å². The van der Waals surface area contributed by atoms with Gasteiger partial charge in [0.2, 0.25) is 5.89 Å². The Bertz CT molecular complexity index is 683. The zero-order valence-electron chi connectivity index (χ0n) is 13.5. The highest BCUT2D eigenvalue weighted by Crippen LogP contribution is 2.43. The molecule has 2 aliphatic rings. The summed E-state index contributed by atoms with van der Waals surface area (Å²) in [7, 11) is 0. The molecule has 0 radical (unpaired) electrons. The van der Waals surface area contributed by atoms with E-state index in [1.165, 1.54) is 32.1 Å². The number of nitrogens with two attached hydrogens (primary N) is 1. The number of piperidine rings is 1. The second kappa shape index (κ2) is 6.06. The molecule has 0 bridgehead atoms. The van der Waals surface area contributed by atoms with E-state index in [0.717, 1.165) is 25.5 Å². The summed E-state index contributed by atoms with van der Waals surface area (Å²) in [6, 6.07) is 9.02. The summed E-state index contributed by atoms with van der Waals surface area (Å²) in [5.74, 6) is 1.28. The average molecular weight is 312 g/mol. The number of aryl methyl sites for hydroxylation is 1. The lowest BCUT2D eigenvalue weighted by Gasteiger charge is -2.46. The largest absolute Gasteiger partial charge is 0.338 e. The standard InChI is InChI=1S/C18H24N4O/c19-11-17-20-16(21-23-17)12-22-10-4-9-18(13-22)8-3-6-14-5-1-2-7-15(14)18/h1-2,5,7H,3-4,6,8-13,19H2. The molecule has 4 rings (SSSR count). The van der Waals surface area contributed by atoms with Crippen molar-refractivity contribution in [3.8, 4) is 0 Å². The Morgan fingerprint density at radius 2 is 2.09 bits per heavy atom. The Morgan fingerprint density at radius 1 is 1.22 bits per heavy atom. The zero-order chi connectivity index (χ0) is 15.7. The molecule has 2 N–H and O–H groups in total. The van der Waals surface area contributed by atoms with Gasteiger partial charge in [-0.15, -0.1) is 0 Å². The van der Waals surface area contributed by atoms with Crippen molar-refractivity contribution in [3.05, 3.63) is 47.1 Å². The molecule has 1 atom stereocenters. The highest BCUT2D eigenvalue weighted by Gasteiger charge is 2.40. The molecule has 2 aromatic rings. The van der Waals surface area contributed by atoms with Gasteiger partial charge in [-0.2, -0.15) is 4.98 Å². The summed E-state index contributed by atoms with van der Waals surface area (Å²) in [6.45, 7) is 3.27. The van der Waals surface area contributed by atoms with Crippen molar-refractivity contribution in [3.63, 3.8) is 0 Å². The lowest BCUT2D eigenvalue weighted by molar-refractivity contribution is 0.122. The van der Waals surface area contributed by atoms with Gasteiger partial charge in [0, 0.05) is 12.0 Å². The third kappa shape index (κ3) is 2.79. The SMILES string of the molecule is NCc1nc(CN2CCCC3(CCCc4ccccc43)C2)no1. The van der Waals surface area contributed by atoms with Crippen LogP contribution in [0.2, 0.25) is 0 Å². The molecule has 122 valence electrons. The lowest BCUT2D eigenvalue weighted by atomic mass is 9.66. The first-order valence-corrected chi connectivity index (χ1v) is 8.61. The molecule has 1 aromatic carbocycles. The van der Waals surface area contributed by atoms with E-state index in [1.54, 1.807) is 11.1 Å². The first kappa shape index (κ1) is 14.8. The second-order valence-corrected chi connectivity index (χ2v) is 6.91. The van der Waals surface area contributed by atoms with Crippen LogP contribution in [-0.2, 0) is 24.9 Å². The van der Waals surface area contributed by atoms with Gasteiger partial charge in [0.15, 0.2) is 5.82 Å². The van der Waals surface area contributed by atoms with E-state index in [4.69, 9.17) is 10.3 Å². The predicted molar refractivity (Wildman–Crippen MR) is 87.8 cm³/mol. The molecule has 2 heterocycles. The maximum atomic E-state index is 5.55. The topological polar surface area (TPSA) is 68.2 Å². The monoisotopic (exact) mass is 312 g/mol. The molecule has 1 spiro atoms. The van der Waals surface area contributed by atoms with Crippen molar-refractivity contribution in [1.82, 2.24) is 15.0 Å². The van der Waals surface area contributed by atoms with Crippen molar-refractivity contribution in [1.29, 1.82) is 0 Å². The number of hydrogen-bond donors (Lipinski definition) is 1. The number of rotatable bonds is 3. The number of aromatic nitrogens is 2. The fourth-order valence-electron chi connectivity index (χ4n) is 4.43. The Balaban J connectivity index is 1.55. The Kier molecular flexibility index (Phi) is 3.91. The van der Waals surface area contributed by atoms with Gasteiger partial charge in [-0.1, -0.05) is 29.4 Å². The Morgan fingerprint density at radius 3 is 2.96 bits per heavy atom. The minimum atomic E-state index is 0.310. The van der Waals surface area contributed by atoms with Gasteiger partial charge < -0.3 is 10.3 Å². The second-order valence-electron chi connectivity index (χ2n) is 6.91. The highest BCUT2D eigenvalue weighted by atomic mass is 16.5. The first-order valence-electron chi connectivity index (χ1n) is 8.61. The normalized spacial score (nSPS) is 24.7. The highest BCUT2D eigenvalue weighted by molar-refractivity contribution is 5.37. The molecule has 0 amide bonds. The third-order valence-electron chi connectivity index (χ3n) is 5.40. The van der Waals surface area contributed by atoms with Crippen LogP contribution in [0.5, 0.6) is 0 Å². The van der Waals surface area contributed by atoms with Gasteiger partial charge >= 0.3 is 0 Å². The molecule has 1 unspecified atom stereocenters. The van der Waals surface area contributed by atoms with Gasteiger partial charge in [-0.3, -0.25) is 4.90 Å². The van der Waals surface area contributed by atoms with Crippen molar-refractivity contribution in [2.24, 2.45) is 5.73 Å². The van der Waals surface area contributed by atoms with Crippen molar-refractivity contribution in [2.75, 3.05) is 13.1 Å². The Labute approximate surface area is 136 Å². The zero-order valence-corrected chi connectivity index (χ0v) is 13.5. The summed E-state index contributed by atoms with van der Waals surface area (Å²) in [6.07, 6.45) is 6.34. The molecular weight excluding hydrogens is 288 g/mol. The molecule has 1 aliphatic carbocycles. The number of hydrogen-bond acceptors (Lipinski definition) is 5. The van der Waals surface area contributed by atoms with Crippen LogP contribution < -0.4 is 5.73 Å². The third-order valence-corrected chi connectivity index (χ3v) is 5.40. The van der Waals surface area contributed by atoms with Crippen molar-refractivity contribution >= 4 is 0 Å². The van der Waals surface area contributed by atoms with E-state index < -0.39 is 0 Å². The molecule has 1 aliphatic heterocycles. The van der Waals surface area contributed by atoms with E-state index in [1.807, 2.05) is 0 Å². The predicted octanol–water partition coefficient (Wildman–Crippen LogP) is 2.40. The fourth-order valence-corrected chi connectivity index (χ4v) is 4.43. The van der Waals surface area contributed by atoms with Crippen LogP contribution in [0.15, 0.2) is 28.8 Å². The van der Waals surface area contributed by atoms with Crippen LogP contribution in [0.1, 0.15) is 48.5 Å². The number of nitrogens with zero attached hydrogens (tertiary/aromatic N) is 3. The van der Waals surface area contributed by atoms with Crippen LogP contribution in [0, 0.1) is 0 Å². The van der Waals surface area contributed by atoms with Gasteiger partial charge in [0.25, 0.3) is 0 Å². The Hall–Kier alpha value is -1.72. The van der Waals surface area contributed by atoms with Gasteiger partial charge in [-0.05, 0) is 49.8 Å². The van der Waals surface area contributed by atoms with Crippen molar-refractivity contribution < 1.29 is 4.52 Å². The van der Waals surface area contributed by atoms with Gasteiger partial charge in [0.05, 0.1) is 13.1 Å². The summed E-state index contributed by atoms with van der Waals surface area (Å²) in [5, 5.41) is 4.05. The molecule has 1 saturated heterocycles. The number of likely N-dealkylation sites (tertiary alicyclic amines) is 1. The van der Waals surface area contributed by atoms with Gasteiger partial charge in [0.1, 0.15) is 0 Å². The van der Waals surface area contributed by atoms with Crippen LogP contribution in [0.4, 0.5) is 0 Å². The minimum Gasteiger partial charge on any atom is -0.338 e. The average Bonchev–Trinajstić information content (AvgIpc) is 3.03.